The molecule has 1 fully saturated rings. The van der Waals surface area contributed by atoms with E-state index in [-0.39, 0.29) is 18.9 Å². The zero-order chi connectivity index (χ0) is 14.5. The van der Waals surface area contributed by atoms with Gasteiger partial charge in [-0.05, 0) is 24.3 Å². The molecular formula is C13H15N3O3S. The molecule has 0 saturated heterocycles. The van der Waals surface area contributed by atoms with Crippen molar-refractivity contribution in [2.45, 2.75) is 25.3 Å². The fraction of sp³-hybridized carbons (Fsp3) is 0.462. The lowest BCUT2D eigenvalue weighted by molar-refractivity contribution is -0.138. The molecule has 6 nitrogen and oxygen atoms in total. The molecule has 0 bridgehead atoms. The molecule has 0 unspecified atom stereocenters. The number of carboxylic acid groups (broad SMARTS) is 1. The number of anilines is 1. The smallest absolute Gasteiger partial charge is 0.317 e. The highest BCUT2D eigenvalue weighted by atomic mass is 32.1. The van der Waals surface area contributed by atoms with Crippen molar-refractivity contribution in [2.75, 3.05) is 18.4 Å². The van der Waals surface area contributed by atoms with Gasteiger partial charge in [-0.1, -0.05) is 0 Å². The number of thiophene rings is 1. The van der Waals surface area contributed by atoms with Gasteiger partial charge in [-0.25, -0.2) is 0 Å². The monoisotopic (exact) mass is 293 g/mol. The first-order valence-electron chi connectivity index (χ1n) is 6.33. The summed E-state index contributed by atoms with van der Waals surface area (Å²) in [6.45, 7) is 0.399. The number of nitriles is 1. The summed E-state index contributed by atoms with van der Waals surface area (Å²) in [5.74, 6) is -1.07. The topological polar surface area (TPSA) is 93.4 Å². The highest BCUT2D eigenvalue weighted by Gasteiger charge is 2.30. The summed E-state index contributed by atoms with van der Waals surface area (Å²) >= 11 is 1.30. The minimum Gasteiger partial charge on any atom is -0.480 e. The lowest BCUT2D eigenvalue weighted by Crippen LogP contribution is -2.34. The zero-order valence-corrected chi connectivity index (χ0v) is 11.7. The molecule has 1 aromatic heterocycles. The minimum atomic E-state index is -0.873. The number of nitrogens with zero attached hydrogens (tertiary/aromatic N) is 2. The van der Waals surface area contributed by atoms with Crippen LogP contribution in [0.4, 0.5) is 5.00 Å². The van der Waals surface area contributed by atoms with Crippen LogP contribution in [-0.4, -0.2) is 41.0 Å². The van der Waals surface area contributed by atoms with E-state index in [2.05, 4.69) is 5.32 Å². The zero-order valence-electron chi connectivity index (χ0n) is 10.8. The van der Waals surface area contributed by atoms with E-state index in [9.17, 15) is 9.59 Å². The summed E-state index contributed by atoms with van der Waals surface area (Å²) in [7, 11) is 0. The number of amides is 1. The molecule has 0 radical (unpaired) electrons. The first-order valence-corrected chi connectivity index (χ1v) is 7.21. The Morgan fingerprint density at radius 2 is 2.30 bits per heavy atom. The molecule has 2 N–H and O–H groups in total. The summed E-state index contributed by atoms with van der Waals surface area (Å²) in [6, 6.07) is 3.96. The first kappa shape index (κ1) is 14.5. The Morgan fingerprint density at radius 1 is 1.55 bits per heavy atom. The number of aliphatic carboxylic acids is 1. The van der Waals surface area contributed by atoms with Crippen molar-refractivity contribution in [3.05, 3.63) is 17.0 Å². The fourth-order valence-electron chi connectivity index (χ4n) is 1.93. The molecule has 1 heterocycles. The molecule has 106 valence electrons. The maximum absolute atomic E-state index is 11.8. The summed E-state index contributed by atoms with van der Waals surface area (Å²) < 4.78 is 0. The van der Waals surface area contributed by atoms with Crippen molar-refractivity contribution in [2.24, 2.45) is 0 Å². The fourth-order valence-corrected chi connectivity index (χ4v) is 2.69. The highest BCUT2D eigenvalue weighted by Crippen LogP contribution is 2.27. The van der Waals surface area contributed by atoms with Crippen molar-refractivity contribution >= 4 is 28.2 Å². The van der Waals surface area contributed by atoms with Crippen LogP contribution < -0.4 is 5.32 Å². The number of carbonyl (C=O) groups is 2. The average molecular weight is 293 g/mol. The van der Waals surface area contributed by atoms with Crippen LogP contribution in [0.3, 0.4) is 0 Å². The third kappa shape index (κ3) is 4.05. The van der Waals surface area contributed by atoms with Gasteiger partial charge in [-0.3, -0.25) is 14.5 Å². The molecule has 2 rings (SSSR count). The van der Waals surface area contributed by atoms with E-state index in [4.69, 9.17) is 10.4 Å². The van der Waals surface area contributed by atoms with Gasteiger partial charge in [-0.2, -0.15) is 5.26 Å². The number of carbonyl (C=O) groups excluding carboxylic acids is 1. The second-order valence-electron chi connectivity index (χ2n) is 4.67. The van der Waals surface area contributed by atoms with Gasteiger partial charge in [0, 0.05) is 19.0 Å². The standard InChI is InChI=1S/C13H15N3O3S/c14-7-9-4-6-20-13(9)15-11(17)3-5-16(8-12(18)19)10-1-2-10/h4,6,10H,1-3,5,8H2,(H,15,17)(H,18,19). The Kier molecular flexibility index (Phi) is 4.71. The number of hydrogen-bond donors (Lipinski definition) is 2. The van der Waals surface area contributed by atoms with Crippen LogP contribution in [0.2, 0.25) is 0 Å². The molecule has 7 heteroatoms. The van der Waals surface area contributed by atoms with Crippen LogP contribution >= 0.6 is 11.3 Å². The van der Waals surface area contributed by atoms with Gasteiger partial charge in [0.05, 0.1) is 12.1 Å². The van der Waals surface area contributed by atoms with Gasteiger partial charge in [0.1, 0.15) is 11.1 Å². The lowest BCUT2D eigenvalue weighted by atomic mass is 10.3. The average Bonchev–Trinajstić information content (AvgIpc) is 3.15. The quantitative estimate of drug-likeness (QED) is 0.794. The lowest BCUT2D eigenvalue weighted by Gasteiger charge is -2.18. The molecule has 1 aliphatic rings. The molecule has 0 atom stereocenters. The highest BCUT2D eigenvalue weighted by molar-refractivity contribution is 7.14. The number of hydrogen-bond acceptors (Lipinski definition) is 5. The molecule has 20 heavy (non-hydrogen) atoms. The van der Waals surface area contributed by atoms with E-state index in [1.807, 2.05) is 11.0 Å². The Hall–Kier alpha value is -1.91. The second kappa shape index (κ2) is 6.50. The first-order chi connectivity index (χ1) is 9.60. The Morgan fingerprint density at radius 3 is 2.90 bits per heavy atom. The van der Waals surface area contributed by atoms with E-state index in [0.29, 0.717) is 23.2 Å². The van der Waals surface area contributed by atoms with Gasteiger partial charge in [-0.15, -0.1) is 11.3 Å². The van der Waals surface area contributed by atoms with Crippen molar-refractivity contribution in [1.29, 1.82) is 5.26 Å². The molecule has 0 spiro atoms. The Balaban J connectivity index is 1.82. The normalized spacial score (nSPS) is 14.0. The predicted octanol–water partition coefficient (Wildman–Crippen LogP) is 1.50. The van der Waals surface area contributed by atoms with Crippen molar-refractivity contribution in [3.8, 4) is 6.07 Å². The molecular weight excluding hydrogens is 278 g/mol. The second-order valence-corrected chi connectivity index (χ2v) is 5.58. The van der Waals surface area contributed by atoms with Crippen LogP contribution in [0.25, 0.3) is 0 Å². The van der Waals surface area contributed by atoms with Crippen LogP contribution in [0.15, 0.2) is 11.4 Å². The van der Waals surface area contributed by atoms with Gasteiger partial charge >= 0.3 is 5.97 Å². The maximum atomic E-state index is 11.8. The van der Waals surface area contributed by atoms with Crippen LogP contribution in [-0.2, 0) is 9.59 Å². The molecule has 1 amide bonds. The van der Waals surface area contributed by atoms with Gasteiger partial charge in [0.2, 0.25) is 5.91 Å². The minimum absolute atomic E-state index is 0.0274. The Bertz CT molecular complexity index is 545. The van der Waals surface area contributed by atoms with E-state index in [0.717, 1.165) is 12.8 Å². The molecule has 0 aromatic carbocycles. The molecule has 0 aliphatic heterocycles. The van der Waals surface area contributed by atoms with Crippen molar-refractivity contribution < 1.29 is 14.7 Å². The van der Waals surface area contributed by atoms with Crippen molar-refractivity contribution in [3.63, 3.8) is 0 Å². The third-order valence-electron chi connectivity index (χ3n) is 3.07. The van der Waals surface area contributed by atoms with E-state index < -0.39 is 5.97 Å². The summed E-state index contributed by atoms with van der Waals surface area (Å²) in [5.41, 5.74) is 0.452. The van der Waals surface area contributed by atoms with Crippen LogP contribution in [0.1, 0.15) is 24.8 Å². The van der Waals surface area contributed by atoms with Crippen LogP contribution in [0, 0.1) is 11.3 Å². The molecule has 1 aromatic rings. The third-order valence-corrected chi connectivity index (χ3v) is 3.90. The van der Waals surface area contributed by atoms with E-state index in [1.54, 1.807) is 11.4 Å². The number of carboxylic acids is 1. The van der Waals surface area contributed by atoms with E-state index >= 15 is 0 Å². The largest absolute Gasteiger partial charge is 0.480 e. The summed E-state index contributed by atoms with van der Waals surface area (Å²) in [6.07, 6.45) is 2.23. The Labute approximate surface area is 120 Å². The maximum Gasteiger partial charge on any atom is 0.317 e. The van der Waals surface area contributed by atoms with Gasteiger partial charge in [0.15, 0.2) is 0 Å². The van der Waals surface area contributed by atoms with E-state index in [1.165, 1.54) is 11.3 Å². The summed E-state index contributed by atoms with van der Waals surface area (Å²) in [5, 5.41) is 22.7. The number of nitrogens with one attached hydrogen (secondary N) is 1. The molecule has 1 saturated carbocycles. The van der Waals surface area contributed by atoms with Gasteiger partial charge < -0.3 is 10.4 Å². The molecule has 1 aliphatic carbocycles. The summed E-state index contributed by atoms with van der Waals surface area (Å²) in [4.78, 5) is 24.4. The van der Waals surface area contributed by atoms with Gasteiger partial charge in [0.25, 0.3) is 0 Å². The van der Waals surface area contributed by atoms with Crippen molar-refractivity contribution in [1.82, 2.24) is 4.90 Å². The number of rotatable bonds is 7. The predicted molar refractivity (Wildman–Crippen MR) is 74.5 cm³/mol. The van der Waals surface area contributed by atoms with Crippen LogP contribution in [0.5, 0.6) is 0 Å². The SMILES string of the molecule is N#Cc1ccsc1NC(=O)CCN(CC(=O)O)C1CC1.